The lowest BCUT2D eigenvalue weighted by molar-refractivity contribution is -0.136. The molecule has 0 unspecified atom stereocenters. The third-order valence-electron chi connectivity index (χ3n) is 4.37. The molecule has 1 saturated heterocycles. The predicted molar refractivity (Wildman–Crippen MR) is 91.0 cm³/mol. The van der Waals surface area contributed by atoms with Crippen LogP contribution in [0.15, 0.2) is 24.3 Å². The lowest BCUT2D eigenvalue weighted by atomic mass is 9.96. The second-order valence-electron chi connectivity index (χ2n) is 6.14. The summed E-state index contributed by atoms with van der Waals surface area (Å²) in [6.45, 7) is 1.45. The zero-order valence-corrected chi connectivity index (χ0v) is 14.9. The second-order valence-corrected chi connectivity index (χ2v) is 6.14. The van der Waals surface area contributed by atoms with Crippen LogP contribution < -0.4 is 0 Å². The summed E-state index contributed by atoms with van der Waals surface area (Å²) >= 11 is 0. The molecule has 0 radical (unpaired) electrons. The Bertz CT molecular complexity index is 629. The number of carbonyl (C=O) groups excluding carboxylic acids is 3. The van der Waals surface area contributed by atoms with Gasteiger partial charge in [0.15, 0.2) is 0 Å². The molecule has 1 fully saturated rings. The first kappa shape index (κ1) is 18.8. The van der Waals surface area contributed by atoms with Gasteiger partial charge in [0.2, 0.25) is 5.91 Å². The van der Waals surface area contributed by atoms with Crippen LogP contribution >= 0.6 is 0 Å². The van der Waals surface area contributed by atoms with Gasteiger partial charge in [-0.25, -0.2) is 9.59 Å². The molecule has 7 nitrogen and oxygen atoms in total. The Hall–Kier alpha value is -2.57. The lowest BCUT2D eigenvalue weighted by Crippen LogP contribution is -2.45. The zero-order valence-electron chi connectivity index (χ0n) is 14.9. The summed E-state index contributed by atoms with van der Waals surface area (Å²) in [6, 6.07) is 6.97. The van der Waals surface area contributed by atoms with Gasteiger partial charge >= 0.3 is 12.1 Å². The number of likely N-dealkylation sites (tertiary alicyclic amines) is 1. The Kier molecular flexibility index (Phi) is 6.38. The Morgan fingerprint density at radius 1 is 1.16 bits per heavy atom. The number of ether oxygens (including phenoxy) is 2. The van der Waals surface area contributed by atoms with E-state index in [9.17, 15) is 14.4 Å². The van der Waals surface area contributed by atoms with Crippen LogP contribution in [0.2, 0.25) is 0 Å². The Morgan fingerprint density at radius 3 is 2.44 bits per heavy atom. The monoisotopic (exact) mass is 348 g/mol. The highest BCUT2D eigenvalue weighted by molar-refractivity contribution is 5.89. The van der Waals surface area contributed by atoms with E-state index in [1.807, 2.05) is 0 Å². The van der Waals surface area contributed by atoms with E-state index in [0.717, 1.165) is 18.4 Å². The fourth-order valence-corrected chi connectivity index (χ4v) is 3.00. The minimum Gasteiger partial charge on any atom is -0.465 e. The van der Waals surface area contributed by atoms with Crippen molar-refractivity contribution in [1.29, 1.82) is 0 Å². The van der Waals surface area contributed by atoms with Gasteiger partial charge in [0.1, 0.15) is 0 Å². The van der Waals surface area contributed by atoms with Gasteiger partial charge in [-0.3, -0.25) is 4.79 Å². The second kappa shape index (κ2) is 8.50. The normalized spacial score (nSPS) is 16.9. The van der Waals surface area contributed by atoms with Crippen LogP contribution in [0.25, 0.3) is 0 Å². The average molecular weight is 348 g/mol. The van der Waals surface area contributed by atoms with Crippen LogP contribution in [0.1, 0.15) is 28.8 Å². The van der Waals surface area contributed by atoms with Crippen molar-refractivity contribution in [2.24, 2.45) is 5.92 Å². The molecule has 0 bridgehead atoms. The molecule has 2 amide bonds. The molecule has 0 aromatic heterocycles. The molecule has 2 rings (SSSR count). The number of amides is 2. The minimum absolute atomic E-state index is 0.00523. The summed E-state index contributed by atoms with van der Waals surface area (Å²) < 4.78 is 9.41. The fourth-order valence-electron chi connectivity index (χ4n) is 3.00. The largest absolute Gasteiger partial charge is 0.465 e. The van der Waals surface area contributed by atoms with E-state index in [4.69, 9.17) is 4.74 Å². The first-order chi connectivity index (χ1) is 12.0. The molecule has 0 saturated carbocycles. The molecule has 0 aliphatic carbocycles. The summed E-state index contributed by atoms with van der Waals surface area (Å²) in [5, 5.41) is 0. The van der Waals surface area contributed by atoms with Gasteiger partial charge in [0, 0.05) is 26.7 Å². The smallest absolute Gasteiger partial charge is 0.409 e. The first-order valence-corrected chi connectivity index (χ1v) is 8.21. The van der Waals surface area contributed by atoms with Crippen LogP contribution in [0.4, 0.5) is 4.79 Å². The van der Waals surface area contributed by atoms with Crippen LogP contribution in [0.5, 0.6) is 0 Å². The summed E-state index contributed by atoms with van der Waals surface area (Å²) in [6.07, 6.45) is 1.16. The quantitative estimate of drug-likeness (QED) is 0.777. The van der Waals surface area contributed by atoms with Crippen molar-refractivity contribution in [2.45, 2.75) is 19.4 Å². The molecule has 1 atom stereocenters. The number of carbonyl (C=O) groups is 3. The van der Waals surface area contributed by atoms with Crippen molar-refractivity contribution in [2.75, 3.05) is 34.4 Å². The highest BCUT2D eigenvalue weighted by Crippen LogP contribution is 2.20. The van der Waals surface area contributed by atoms with Crippen LogP contribution in [-0.4, -0.2) is 62.1 Å². The van der Waals surface area contributed by atoms with Crippen molar-refractivity contribution in [3.05, 3.63) is 35.4 Å². The summed E-state index contributed by atoms with van der Waals surface area (Å²) in [7, 11) is 4.43. The lowest BCUT2D eigenvalue weighted by Gasteiger charge is -2.33. The number of hydrogen-bond donors (Lipinski definition) is 0. The van der Waals surface area contributed by atoms with Gasteiger partial charge in [0.05, 0.1) is 25.7 Å². The number of esters is 1. The maximum atomic E-state index is 12.7. The van der Waals surface area contributed by atoms with Gasteiger partial charge in [-0.2, -0.15) is 0 Å². The Balaban J connectivity index is 1.95. The maximum Gasteiger partial charge on any atom is 0.409 e. The van der Waals surface area contributed by atoms with Gasteiger partial charge in [-0.1, -0.05) is 12.1 Å². The van der Waals surface area contributed by atoms with Crippen molar-refractivity contribution in [1.82, 2.24) is 9.80 Å². The third-order valence-corrected chi connectivity index (χ3v) is 4.37. The van der Waals surface area contributed by atoms with E-state index in [1.165, 1.54) is 14.2 Å². The molecule has 1 aromatic carbocycles. The topological polar surface area (TPSA) is 76.2 Å². The number of piperidine rings is 1. The molecule has 1 aliphatic rings. The SMILES string of the molecule is COC(=O)c1ccc(CN(C)C(=O)[C@H]2CCCN(C(=O)OC)C2)cc1. The number of benzene rings is 1. The summed E-state index contributed by atoms with van der Waals surface area (Å²) in [4.78, 5) is 39.0. The van der Waals surface area contributed by atoms with Crippen LogP contribution in [-0.2, 0) is 20.8 Å². The summed E-state index contributed by atoms with van der Waals surface area (Å²) in [5.41, 5.74) is 1.39. The van der Waals surface area contributed by atoms with Crippen molar-refractivity contribution < 1.29 is 23.9 Å². The Morgan fingerprint density at radius 2 is 1.84 bits per heavy atom. The maximum absolute atomic E-state index is 12.7. The fraction of sp³-hybridized carbons (Fsp3) is 0.500. The summed E-state index contributed by atoms with van der Waals surface area (Å²) in [5.74, 6) is -0.598. The molecule has 1 heterocycles. The van der Waals surface area contributed by atoms with Crippen LogP contribution in [0.3, 0.4) is 0 Å². The molecular formula is C18H24N2O5. The van der Waals surface area contributed by atoms with Gasteiger partial charge in [0.25, 0.3) is 0 Å². The number of nitrogens with zero attached hydrogens (tertiary/aromatic N) is 2. The van der Waals surface area contributed by atoms with Crippen molar-refractivity contribution in [3.63, 3.8) is 0 Å². The standard InChI is InChI=1S/C18H24N2O5/c1-19(11-13-6-8-14(9-7-13)17(22)24-2)16(21)15-5-4-10-20(12-15)18(23)25-3/h6-9,15H,4-5,10-12H2,1-3H3/t15-/m0/s1. The average Bonchev–Trinajstić information content (AvgIpc) is 2.66. The molecular weight excluding hydrogens is 324 g/mol. The van der Waals surface area contributed by atoms with E-state index in [2.05, 4.69) is 4.74 Å². The minimum atomic E-state index is -0.390. The predicted octanol–water partition coefficient (Wildman–Crippen LogP) is 1.91. The molecule has 0 N–H and O–H groups in total. The molecule has 7 heteroatoms. The number of methoxy groups -OCH3 is 2. The zero-order chi connectivity index (χ0) is 18.4. The van der Waals surface area contributed by atoms with E-state index in [-0.39, 0.29) is 17.8 Å². The van der Waals surface area contributed by atoms with Gasteiger partial charge < -0.3 is 19.3 Å². The third kappa shape index (κ3) is 4.71. The highest BCUT2D eigenvalue weighted by Gasteiger charge is 2.30. The van der Waals surface area contributed by atoms with Gasteiger partial charge in [-0.15, -0.1) is 0 Å². The highest BCUT2D eigenvalue weighted by atomic mass is 16.5. The van der Waals surface area contributed by atoms with Crippen molar-refractivity contribution >= 4 is 18.0 Å². The van der Waals surface area contributed by atoms with E-state index >= 15 is 0 Å². The van der Waals surface area contributed by atoms with Crippen LogP contribution in [0, 0.1) is 5.92 Å². The molecule has 1 aliphatic heterocycles. The molecule has 0 spiro atoms. The molecule has 1 aromatic rings. The van der Waals surface area contributed by atoms with Crippen molar-refractivity contribution in [3.8, 4) is 0 Å². The number of hydrogen-bond acceptors (Lipinski definition) is 5. The van der Waals surface area contributed by atoms with E-state index < -0.39 is 6.09 Å². The molecule has 25 heavy (non-hydrogen) atoms. The van der Waals surface area contributed by atoms with E-state index in [0.29, 0.717) is 25.2 Å². The molecule has 136 valence electrons. The van der Waals surface area contributed by atoms with Gasteiger partial charge in [-0.05, 0) is 30.5 Å². The van der Waals surface area contributed by atoms with E-state index in [1.54, 1.807) is 41.1 Å². The number of rotatable bonds is 4. The Labute approximate surface area is 147 Å². The first-order valence-electron chi connectivity index (χ1n) is 8.21.